The second-order valence-electron chi connectivity index (χ2n) is 6.82. The summed E-state index contributed by atoms with van der Waals surface area (Å²) in [5.74, 6) is 1.00. The quantitative estimate of drug-likeness (QED) is 0.464. The molecule has 30 heavy (non-hydrogen) atoms. The molecule has 0 aliphatic carbocycles. The van der Waals surface area contributed by atoms with Gasteiger partial charge in [0.05, 0.1) is 23.9 Å². The van der Waals surface area contributed by atoms with Crippen LogP contribution in [0.3, 0.4) is 0 Å². The van der Waals surface area contributed by atoms with E-state index in [4.69, 9.17) is 5.73 Å². The Labute approximate surface area is 175 Å². The molecule has 0 spiro atoms. The Bertz CT molecular complexity index is 1460. The van der Waals surface area contributed by atoms with Crippen LogP contribution < -0.4 is 16.6 Å². The summed E-state index contributed by atoms with van der Waals surface area (Å²) in [5.41, 5.74) is 8.37. The Morgan fingerprint density at radius 3 is 2.87 bits per heavy atom. The van der Waals surface area contributed by atoms with Crippen LogP contribution in [-0.4, -0.2) is 24.5 Å². The van der Waals surface area contributed by atoms with E-state index in [9.17, 15) is 4.79 Å². The minimum Gasteiger partial charge on any atom is -0.383 e. The number of rotatable bonds is 4. The van der Waals surface area contributed by atoms with E-state index >= 15 is 0 Å². The maximum absolute atomic E-state index is 12.5. The van der Waals surface area contributed by atoms with Crippen LogP contribution in [0.4, 0.5) is 11.6 Å². The molecule has 0 atom stereocenters. The average molecular weight is 415 g/mol. The molecule has 8 nitrogen and oxygen atoms in total. The van der Waals surface area contributed by atoms with Crippen LogP contribution in [0.2, 0.25) is 0 Å². The number of benzene rings is 1. The molecule has 0 aliphatic heterocycles. The van der Waals surface area contributed by atoms with Gasteiger partial charge in [0.2, 0.25) is 0 Å². The lowest BCUT2D eigenvalue weighted by Crippen LogP contribution is -2.18. The van der Waals surface area contributed by atoms with Gasteiger partial charge >= 0.3 is 0 Å². The van der Waals surface area contributed by atoms with Gasteiger partial charge in [0.25, 0.3) is 5.56 Å². The highest BCUT2D eigenvalue weighted by molar-refractivity contribution is 7.15. The van der Waals surface area contributed by atoms with E-state index in [0.717, 1.165) is 26.2 Å². The van der Waals surface area contributed by atoms with Crippen LogP contribution in [0.5, 0.6) is 0 Å². The summed E-state index contributed by atoms with van der Waals surface area (Å²) in [7, 11) is 1.68. The minimum absolute atomic E-state index is 0.126. The van der Waals surface area contributed by atoms with Crippen LogP contribution in [0.1, 0.15) is 4.88 Å². The molecular weight excluding hydrogens is 398 g/mol. The van der Waals surface area contributed by atoms with Crippen molar-refractivity contribution < 1.29 is 0 Å². The van der Waals surface area contributed by atoms with E-state index in [-0.39, 0.29) is 5.56 Å². The molecule has 0 fully saturated rings. The van der Waals surface area contributed by atoms with Gasteiger partial charge in [-0.2, -0.15) is 0 Å². The van der Waals surface area contributed by atoms with Gasteiger partial charge in [-0.25, -0.2) is 19.9 Å². The van der Waals surface area contributed by atoms with E-state index < -0.39 is 0 Å². The minimum atomic E-state index is -0.126. The number of fused-ring (bicyclic) bond motifs is 2. The van der Waals surface area contributed by atoms with Gasteiger partial charge in [-0.05, 0) is 35.9 Å². The molecule has 4 aromatic heterocycles. The van der Waals surface area contributed by atoms with Gasteiger partial charge in [0, 0.05) is 28.4 Å². The predicted molar refractivity (Wildman–Crippen MR) is 119 cm³/mol. The molecule has 3 N–H and O–H groups in total. The smallest absolute Gasteiger partial charge is 0.264 e. The Balaban J connectivity index is 1.43. The zero-order valence-corrected chi connectivity index (χ0v) is 16.8. The molecule has 5 aromatic rings. The molecule has 5 rings (SSSR count). The molecule has 0 unspecified atom stereocenters. The van der Waals surface area contributed by atoms with Crippen LogP contribution in [0, 0.1) is 0 Å². The molecule has 0 saturated carbocycles. The second kappa shape index (κ2) is 7.20. The van der Waals surface area contributed by atoms with Crippen molar-refractivity contribution in [3.05, 3.63) is 70.5 Å². The molecule has 9 heteroatoms. The summed E-state index contributed by atoms with van der Waals surface area (Å²) in [4.78, 5) is 31.7. The van der Waals surface area contributed by atoms with Crippen molar-refractivity contribution in [3.8, 4) is 10.4 Å². The predicted octanol–water partition coefficient (Wildman–Crippen LogP) is 3.19. The Kier molecular flexibility index (Phi) is 4.36. The monoisotopic (exact) mass is 415 g/mol. The fourth-order valence-corrected chi connectivity index (χ4v) is 4.25. The normalized spacial score (nSPS) is 11.2. The van der Waals surface area contributed by atoms with Crippen LogP contribution in [0.25, 0.3) is 32.2 Å². The maximum Gasteiger partial charge on any atom is 0.264 e. The number of hydrogen-bond donors (Lipinski definition) is 2. The van der Waals surface area contributed by atoms with E-state index in [0.29, 0.717) is 29.1 Å². The number of thiophene rings is 1. The number of hydrogen-bond acceptors (Lipinski definition) is 8. The number of anilines is 2. The van der Waals surface area contributed by atoms with E-state index in [1.807, 2.05) is 18.2 Å². The number of aromatic nitrogens is 5. The Morgan fingerprint density at radius 2 is 1.97 bits per heavy atom. The summed E-state index contributed by atoms with van der Waals surface area (Å²) in [5, 5.41) is 4.61. The topological polar surface area (TPSA) is 112 Å². The van der Waals surface area contributed by atoms with Crippen molar-refractivity contribution >= 4 is 44.8 Å². The summed E-state index contributed by atoms with van der Waals surface area (Å²) in [6, 6.07) is 11.8. The molecule has 1 aromatic carbocycles. The average Bonchev–Trinajstić information content (AvgIpc) is 3.24. The third-order valence-electron chi connectivity index (χ3n) is 4.88. The first kappa shape index (κ1) is 18.2. The maximum atomic E-state index is 12.5. The summed E-state index contributed by atoms with van der Waals surface area (Å²) < 4.78 is 1.45. The number of nitrogen functional groups attached to an aromatic ring is 1. The van der Waals surface area contributed by atoms with E-state index in [1.54, 1.807) is 30.6 Å². The molecule has 148 valence electrons. The largest absolute Gasteiger partial charge is 0.383 e. The van der Waals surface area contributed by atoms with Crippen LogP contribution in [-0.2, 0) is 13.6 Å². The zero-order chi connectivity index (χ0) is 20.7. The number of pyridine rings is 1. The van der Waals surface area contributed by atoms with Crippen molar-refractivity contribution in [2.24, 2.45) is 7.05 Å². The first-order chi connectivity index (χ1) is 14.6. The van der Waals surface area contributed by atoms with Gasteiger partial charge < -0.3 is 15.6 Å². The number of aryl methyl sites for hydroxylation is 1. The fourth-order valence-electron chi connectivity index (χ4n) is 3.31. The highest BCUT2D eigenvalue weighted by atomic mass is 32.1. The number of nitrogens with two attached hydrogens (primary N) is 1. The highest BCUT2D eigenvalue weighted by Gasteiger charge is 2.10. The Hall–Kier alpha value is -3.85. The molecule has 0 radical (unpaired) electrons. The van der Waals surface area contributed by atoms with Gasteiger partial charge in [0.1, 0.15) is 23.3 Å². The van der Waals surface area contributed by atoms with Gasteiger partial charge in [0.15, 0.2) is 0 Å². The van der Waals surface area contributed by atoms with Crippen molar-refractivity contribution in [3.63, 3.8) is 0 Å². The molecule has 0 aliphatic rings. The first-order valence-corrected chi connectivity index (χ1v) is 10.1. The fraction of sp³-hybridized carbons (Fsp3) is 0.0952. The van der Waals surface area contributed by atoms with Gasteiger partial charge in [-0.1, -0.05) is 6.07 Å². The standard InChI is InChI=1S/C21H17N7OS/c1-28-11-27-16-6-7-23-20(18(16)21(28)29)24-9-13-3-5-17(30-13)12-2-4-15-14(8-12)19(22)26-10-25-15/h2-8,10-11H,9H2,1H3,(H,23,24)(H2,22,25,26). The first-order valence-electron chi connectivity index (χ1n) is 9.24. The van der Waals surface area contributed by atoms with Gasteiger partial charge in [-0.15, -0.1) is 11.3 Å². The third kappa shape index (κ3) is 3.15. The lowest BCUT2D eigenvalue weighted by atomic mass is 10.1. The molecular formula is C21H17N7OS. The summed E-state index contributed by atoms with van der Waals surface area (Å²) in [6.45, 7) is 0.549. The molecule has 0 bridgehead atoms. The lowest BCUT2D eigenvalue weighted by molar-refractivity contribution is 0.842. The van der Waals surface area contributed by atoms with Crippen LogP contribution >= 0.6 is 11.3 Å². The van der Waals surface area contributed by atoms with Crippen molar-refractivity contribution in [2.45, 2.75) is 6.54 Å². The third-order valence-corrected chi connectivity index (χ3v) is 6.01. The summed E-state index contributed by atoms with van der Waals surface area (Å²) >= 11 is 1.66. The van der Waals surface area contributed by atoms with Crippen LogP contribution in [0.15, 0.2) is 60.0 Å². The van der Waals surface area contributed by atoms with Crippen molar-refractivity contribution in [2.75, 3.05) is 11.1 Å². The Morgan fingerprint density at radius 1 is 1.07 bits per heavy atom. The SMILES string of the molecule is Cn1cnc2ccnc(NCc3ccc(-c4ccc5ncnc(N)c5c4)s3)c2c1=O. The highest BCUT2D eigenvalue weighted by Crippen LogP contribution is 2.31. The van der Waals surface area contributed by atoms with Gasteiger partial charge in [-0.3, -0.25) is 4.79 Å². The molecule has 4 heterocycles. The van der Waals surface area contributed by atoms with E-state index in [1.165, 1.54) is 17.2 Å². The second-order valence-corrected chi connectivity index (χ2v) is 7.99. The lowest BCUT2D eigenvalue weighted by Gasteiger charge is -2.08. The summed E-state index contributed by atoms with van der Waals surface area (Å²) in [6.07, 6.45) is 4.64. The zero-order valence-electron chi connectivity index (χ0n) is 16.0. The van der Waals surface area contributed by atoms with E-state index in [2.05, 4.69) is 37.4 Å². The van der Waals surface area contributed by atoms with Crippen molar-refractivity contribution in [1.82, 2.24) is 24.5 Å². The number of nitrogens with zero attached hydrogens (tertiary/aromatic N) is 5. The molecule has 0 saturated heterocycles. The number of nitrogens with one attached hydrogen (secondary N) is 1. The van der Waals surface area contributed by atoms with Crippen molar-refractivity contribution in [1.29, 1.82) is 0 Å². The molecule has 0 amide bonds.